The van der Waals surface area contributed by atoms with Crippen LogP contribution in [0, 0.1) is 17.2 Å². The van der Waals surface area contributed by atoms with Crippen molar-refractivity contribution in [3.05, 3.63) is 47.8 Å². The Balaban J connectivity index is 2.07. The first-order valence-corrected chi connectivity index (χ1v) is 10.8. The number of carbonyl (C=O) groups is 1. The van der Waals surface area contributed by atoms with E-state index in [1.165, 1.54) is 19.2 Å². The molecule has 2 aromatic rings. The Morgan fingerprint density at radius 3 is 2.60 bits per heavy atom. The SMILES string of the molecule is COc1cc(S(=O)(=O)N2CC(CC(C)(C)C(=O)O)Cc3ccc(O)cc32)ccc1F. The lowest BCUT2D eigenvalue weighted by atomic mass is 9.79. The number of anilines is 1. The minimum Gasteiger partial charge on any atom is -0.508 e. The molecule has 162 valence electrons. The summed E-state index contributed by atoms with van der Waals surface area (Å²) in [6, 6.07) is 7.75. The molecule has 2 aromatic carbocycles. The summed E-state index contributed by atoms with van der Waals surface area (Å²) in [6.45, 7) is 3.24. The van der Waals surface area contributed by atoms with Gasteiger partial charge in [0, 0.05) is 18.7 Å². The fraction of sp³-hybridized carbons (Fsp3) is 0.381. The number of phenols is 1. The average molecular weight is 437 g/mol. The number of benzene rings is 2. The fourth-order valence-electron chi connectivity index (χ4n) is 3.77. The Kier molecular flexibility index (Phi) is 5.68. The molecule has 1 heterocycles. The first-order valence-electron chi connectivity index (χ1n) is 9.37. The predicted octanol–water partition coefficient (Wildman–Crippen LogP) is 3.41. The summed E-state index contributed by atoms with van der Waals surface area (Å²) in [5, 5.41) is 19.4. The van der Waals surface area contributed by atoms with Crippen molar-refractivity contribution in [2.24, 2.45) is 11.3 Å². The molecule has 0 bridgehead atoms. The van der Waals surface area contributed by atoms with Crippen molar-refractivity contribution in [3.8, 4) is 11.5 Å². The van der Waals surface area contributed by atoms with E-state index in [0.29, 0.717) is 17.7 Å². The van der Waals surface area contributed by atoms with Gasteiger partial charge in [0.1, 0.15) is 5.75 Å². The van der Waals surface area contributed by atoms with Gasteiger partial charge >= 0.3 is 5.97 Å². The first-order chi connectivity index (χ1) is 14.0. The van der Waals surface area contributed by atoms with Crippen LogP contribution in [-0.2, 0) is 21.2 Å². The number of halogens is 1. The second kappa shape index (κ2) is 7.79. The minimum atomic E-state index is -4.12. The van der Waals surface area contributed by atoms with Crippen molar-refractivity contribution >= 4 is 21.7 Å². The standard InChI is InChI=1S/C21H24FNO6S/c1-21(2,20(25)26)11-13-8-14-4-5-15(24)9-18(14)23(12-13)30(27,28)16-6-7-17(22)19(10-16)29-3/h4-7,9-10,13,24H,8,11-12H2,1-3H3,(H,25,26). The zero-order valence-corrected chi connectivity index (χ0v) is 17.7. The lowest BCUT2D eigenvalue weighted by Crippen LogP contribution is -2.42. The van der Waals surface area contributed by atoms with Crippen molar-refractivity contribution in [1.82, 2.24) is 0 Å². The zero-order valence-electron chi connectivity index (χ0n) is 16.9. The number of carboxylic acid groups (broad SMARTS) is 1. The number of phenolic OH excluding ortho intramolecular Hbond substituents is 1. The van der Waals surface area contributed by atoms with Crippen LogP contribution < -0.4 is 9.04 Å². The number of aromatic hydroxyl groups is 1. The number of fused-ring (bicyclic) bond motifs is 1. The number of aliphatic carboxylic acids is 1. The lowest BCUT2D eigenvalue weighted by Gasteiger charge is -2.37. The zero-order chi connectivity index (χ0) is 22.3. The molecule has 30 heavy (non-hydrogen) atoms. The molecular formula is C21H24FNO6S. The second-order valence-electron chi connectivity index (χ2n) is 8.11. The molecule has 1 aliphatic heterocycles. The molecule has 3 rings (SSSR count). The number of sulfonamides is 1. The van der Waals surface area contributed by atoms with Crippen LogP contribution in [-0.4, -0.2) is 38.3 Å². The van der Waals surface area contributed by atoms with Crippen LogP contribution in [0.5, 0.6) is 11.5 Å². The van der Waals surface area contributed by atoms with Gasteiger partial charge in [-0.3, -0.25) is 9.10 Å². The number of carboxylic acids is 1. The summed E-state index contributed by atoms with van der Waals surface area (Å²) >= 11 is 0. The summed E-state index contributed by atoms with van der Waals surface area (Å²) in [6.07, 6.45) is 0.743. The van der Waals surface area contributed by atoms with E-state index >= 15 is 0 Å². The highest BCUT2D eigenvalue weighted by Crippen LogP contribution is 2.40. The third kappa shape index (κ3) is 4.07. The topological polar surface area (TPSA) is 104 Å². The van der Waals surface area contributed by atoms with Gasteiger partial charge < -0.3 is 14.9 Å². The quantitative estimate of drug-likeness (QED) is 0.718. The van der Waals surface area contributed by atoms with Crippen molar-refractivity contribution < 1.29 is 32.6 Å². The van der Waals surface area contributed by atoms with E-state index in [2.05, 4.69) is 0 Å². The van der Waals surface area contributed by atoms with E-state index in [9.17, 15) is 27.8 Å². The molecule has 0 aromatic heterocycles. The Labute approximate surface area is 174 Å². The maximum atomic E-state index is 13.8. The number of rotatable bonds is 6. The summed E-state index contributed by atoms with van der Waals surface area (Å²) in [4.78, 5) is 11.4. The fourth-order valence-corrected chi connectivity index (χ4v) is 5.35. The molecule has 0 amide bonds. The molecule has 1 atom stereocenters. The molecule has 0 spiro atoms. The highest BCUT2D eigenvalue weighted by atomic mass is 32.2. The number of nitrogens with zero attached hydrogens (tertiary/aromatic N) is 1. The molecule has 0 aliphatic carbocycles. The van der Waals surface area contributed by atoms with E-state index in [4.69, 9.17) is 4.74 Å². The smallest absolute Gasteiger partial charge is 0.309 e. The van der Waals surface area contributed by atoms with Crippen LogP contribution >= 0.6 is 0 Å². The van der Waals surface area contributed by atoms with Gasteiger partial charge in [-0.1, -0.05) is 6.07 Å². The van der Waals surface area contributed by atoms with Crippen LogP contribution in [0.2, 0.25) is 0 Å². The van der Waals surface area contributed by atoms with Gasteiger partial charge in [0.05, 0.1) is 23.1 Å². The van der Waals surface area contributed by atoms with Crippen molar-refractivity contribution in [3.63, 3.8) is 0 Å². The van der Waals surface area contributed by atoms with E-state index in [1.807, 2.05) is 0 Å². The highest BCUT2D eigenvalue weighted by Gasteiger charge is 2.38. The largest absolute Gasteiger partial charge is 0.508 e. The summed E-state index contributed by atoms with van der Waals surface area (Å²) in [7, 11) is -2.88. The van der Waals surface area contributed by atoms with Gasteiger partial charge in [-0.15, -0.1) is 0 Å². The predicted molar refractivity (Wildman–Crippen MR) is 109 cm³/mol. The molecule has 1 unspecified atom stereocenters. The highest BCUT2D eigenvalue weighted by molar-refractivity contribution is 7.92. The molecule has 9 heteroatoms. The van der Waals surface area contributed by atoms with Crippen molar-refractivity contribution in [2.75, 3.05) is 18.0 Å². The van der Waals surface area contributed by atoms with E-state index in [1.54, 1.807) is 19.9 Å². The number of hydrogen-bond donors (Lipinski definition) is 2. The van der Waals surface area contributed by atoms with Gasteiger partial charge in [0.25, 0.3) is 10.0 Å². The second-order valence-corrected chi connectivity index (χ2v) is 9.97. The van der Waals surface area contributed by atoms with Gasteiger partial charge in [0.15, 0.2) is 11.6 Å². The van der Waals surface area contributed by atoms with Gasteiger partial charge in [-0.25, -0.2) is 12.8 Å². The molecule has 0 fully saturated rings. The Bertz CT molecular complexity index is 1080. The Morgan fingerprint density at radius 2 is 1.97 bits per heavy atom. The number of hydrogen-bond acceptors (Lipinski definition) is 5. The van der Waals surface area contributed by atoms with Crippen LogP contribution in [0.15, 0.2) is 41.3 Å². The minimum absolute atomic E-state index is 0.0369. The third-order valence-corrected chi connectivity index (χ3v) is 7.13. The maximum absolute atomic E-state index is 13.8. The molecule has 0 radical (unpaired) electrons. The van der Waals surface area contributed by atoms with Crippen LogP contribution in [0.25, 0.3) is 0 Å². The number of methoxy groups -OCH3 is 1. The van der Waals surface area contributed by atoms with Crippen LogP contribution in [0.3, 0.4) is 0 Å². The molecule has 1 aliphatic rings. The van der Waals surface area contributed by atoms with Crippen LogP contribution in [0.1, 0.15) is 25.8 Å². The van der Waals surface area contributed by atoms with Crippen LogP contribution in [0.4, 0.5) is 10.1 Å². The summed E-state index contributed by atoms with van der Waals surface area (Å²) in [5.41, 5.74) is -0.0290. The third-order valence-electron chi connectivity index (χ3n) is 5.36. The maximum Gasteiger partial charge on any atom is 0.309 e. The molecule has 7 nitrogen and oxygen atoms in total. The molecular weight excluding hydrogens is 413 g/mol. The normalized spacial score (nSPS) is 16.8. The van der Waals surface area contributed by atoms with E-state index < -0.39 is 27.2 Å². The Hall–Kier alpha value is -2.81. The number of ether oxygens (including phenoxy) is 1. The van der Waals surface area contributed by atoms with Gasteiger partial charge in [-0.05, 0) is 56.4 Å². The van der Waals surface area contributed by atoms with E-state index in [0.717, 1.165) is 22.5 Å². The van der Waals surface area contributed by atoms with E-state index in [-0.39, 0.29) is 35.3 Å². The van der Waals surface area contributed by atoms with Gasteiger partial charge in [0.2, 0.25) is 0 Å². The first kappa shape index (κ1) is 21.9. The summed E-state index contributed by atoms with van der Waals surface area (Å²) < 4.78 is 46.7. The Morgan fingerprint density at radius 1 is 1.27 bits per heavy atom. The van der Waals surface area contributed by atoms with Crippen molar-refractivity contribution in [1.29, 1.82) is 0 Å². The lowest BCUT2D eigenvalue weighted by molar-refractivity contribution is -0.147. The summed E-state index contributed by atoms with van der Waals surface area (Å²) in [5.74, 6) is -2.20. The monoisotopic (exact) mass is 437 g/mol. The average Bonchev–Trinajstić information content (AvgIpc) is 2.67. The van der Waals surface area contributed by atoms with Crippen molar-refractivity contribution in [2.45, 2.75) is 31.6 Å². The van der Waals surface area contributed by atoms with Gasteiger partial charge in [-0.2, -0.15) is 0 Å². The molecule has 0 saturated carbocycles. The molecule has 2 N–H and O–H groups in total. The molecule has 0 saturated heterocycles.